The van der Waals surface area contributed by atoms with Gasteiger partial charge in [-0.25, -0.2) is 0 Å². The SMILES string of the molecule is CCCNCCNC(=O)CCN1CCN(CC)CC1.Cl.Cl. The number of likely N-dealkylation sites (N-methyl/N-ethyl adjacent to an activating group) is 1. The molecule has 1 amide bonds. The summed E-state index contributed by atoms with van der Waals surface area (Å²) in [5.41, 5.74) is 0. The van der Waals surface area contributed by atoms with Crippen LogP contribution in [0.3, 0.4) is 0 Å². The molecule has 0 bridgehead atoms. The van der Waals surface area contributed by atoms with Crippen molar-refractivity contribution in [2.45, 2.75) is 26.7 Å². The first-order chi connectivity index (χ1) is 9.26. The second kappa shape index (κ2) is 14.9. The summed E-state index contributed by atoms with van der Waals surface area (Å²) in [4.78, 5) is 16.5. The molecule has 1 saturated heterocycles. The average molecular weight is 343 g/mol. The Bertz CT molecular complexity index is 249. The number of nitrogens with one attached hydrogen (secondary N) is 2. The van der Waals surface area contributed by atoms with Gasteiger partial charge in [0.1, 0.15) is 0 Å². The first-order valence-corrected chi connectivity index (χ1v) is 7.68. The minimum atomic E-state index is 0. The number of rotatable bonds is 9. The van der Waals surface area contributed by atoms with E-state index >= 15 is 0 Å². The van der Waals surface area contributed by atoms with Gasteiger partial charge in [0.25, 0.3) is 0 Å². The van der Waals surface area contributed by atoms with E-state index in [1.807, 2.05) is 0 Å². The van der Waals surface area contributed by atoms with Crippen LogP contribution in [0.25, 0.3) is 0 Å². The summed E-state index contributed by atoms with van der Waals surface area (Å²) in [6.07, 6.45) is 1.76. The Balaban J connectivity index is 0. The van der Waals surface area contributed by atoms with Crippen LogP contribution in [0.15, 0.2) is 0 Å². The van der Waals surface area contributed by atoms with Crippen molar-refractivity contribution in [3.63, 3.8) is 0 Å². The van der Waals surface area contributed by atoms with E-state index in [9.17, 15) is 4.79 Å². The van der Waals surface area contributed by atoms with E-state index < -0.39 is 0 Å². The molecule has 0 spiro atoms. The lowest BCUT2D eigenvalue weighted by molar-refractivity contribution is -0.121. The fraction of sp³-hybridized carbons (Fsp3) is 0.929. The Morgan fingerprint density at radius 3 is 2.14 bits per heavy atom. The van der Waals surface area contributed by atoms with E-state index in [-0.39, 0.29) is 30.7 Å². The van der Waals surface area contributed by atoms with Crippen molar-refractivity contribution in [2.24, 2.45) is 0 Å². The second-order valence-corrected chi connectivity index (χ2v) is 5.13. The fourth-order valence-corrected chi connectivity index (χ4v) is 2.27. The van der Waals surface area contributed by atoms with Crippen LogP contribution >= 0.6 is 24.8 Å². The molecule has 0 atom stereocenters. The molecule has 0 aromatic heterocycles. The molecule has 128 valence electrons. The lowest BCUT2D eigenvalue weighted by Crippen LogP contribution is -2.47. The average Bonchev–Trinajstić information content (AvgIpc) is 2.45. The van der Waals surface area contributed by atoms with Gasteiger partial charge in [0, 0.05) is 52.2 Å². The first-order valence-electron chi connectivity index (χ1n) is 7.68. The lowest BCUT2D eigenvalue weighted by Gasteiger charge is -2.33. The van der Waals surface area contributed by atoms with E-state index in [1.165, 1.54) is 0 Å². The summed E-state index contributed by atoms with van der Waals surface area (Å²) in [5, 5.41) is 6.24. The van der Waals surface area contributed by atoms with E-state index in [2.05, 4.69) is 34.3 Å². The van der Waals surface area contributed by atoms with Crippen molar-refractivity contribution in [3.8, 4) is 0 Å². The third-order valence-electron chi connectivity index (χ3n) is 3.62. The zero-order chi connectivity index (χ0) is 13.9. The quantitative estimate of drug-likeness (QED) is 0.613. The van der Waals surface area contributed by atoms with Crippen LogP contribution in [-0.4, -0.2) is 74.6 Å². The topological polar surface area (TPSA) is 47.6 Å². The number of hydrogen-bond acceptors (Lipinski definition) is 4. The Morgan fingerprint density at radius 1 is 0.952 bits per heavy atom. The third-order valence-corrected chi connectivity index (χ3v) is 3.62. The van der Waals surface area contributed by atoms with Crippen molar-refractivity contribution in [1.82, 2.24) is 20.4 Å². The molecule has 0 aromatic carbocycles. The van der Waals surface area contributed by atoms with E-state index in [1.54, 1.807) is 0 Å². The molecule has 1 aliphatic heterocycles. The van der Waals surface area contributed by atoms with Crippen molar-refractivity contribution >= 4 is 30.7 Å². The number of halogens is 2. The standard InChI is InChI=1S/C14H30N4O.2ClH/c1-3-6-15-7-8-16-14(19)5-9-18-12-10-17(4-2)11-13-18;;/h15H,3-13H2,1-2H3,(H,16,19);2*1H. The molecule has 1 heterocycles. The van der Waals surface area contributed by atoms with Gasteiger partial charge in [-0.1, -0.05) is 13.8 Å². The van der Waals surface area contributed by atoms with Gasteiger partial charge >= 0.3 is 0 Å². The highest BCUT2D eigenvalue weighted by Gasteiger charge is 2.15. The molecule has 0 saturated carbocycles. The highest BCUT2D eigenvalue weighted by molar-refractivity contribution is 5.85. The van der Waals surface area contributed by atoms with Crippen LogP contribution in [0.1, 0.15) is 26.7 Å². The summed E-state index contributed by atoms with van der Waals surface area (Å²) in [6.45, 7) is 13.5. The Kier molecular flexibility index (Phi) is 16.4. The van der Waals surface area contributed by atoms with Gasteiger partial charge in [-0.05, 0) is 19.5 Å². The Labute approximate surface area is 142 Å². The molecular weight excluding hydrogens is 311 g/mol. The molecule has 0 aromatic rings. The van der Waals surface area contributed by atoms with Crippen LogP contribution in [0.4, 0.5) is 0 Å². The minimum Gasteiger partial charge on any atom is -0.355 e. The summed E-state index contributed by atoms with van der Waals surface area (Å²) in [5.74, 6) is 0.177. The minimum absolute atomic E-state index is 0. The van der Waals surface area contributed by atoms with E-state index in [4.69, 9.17) is 0 Å². The van der Waals surface area contributed by atoms with Gasteiger partial charge in [0.15, 0.2) is 0 Å². The first kappa shape index (κ1) is 23.2. The molecule has 7 heteroatoms. The normalized spacial score (nSPS) is 15.9. The van der Waals surface area contributed by atoms with Gasteiger partial charge in [0.05, 0.1) is 0 Å². The molecule has 0 radical (unpaired) electrons. The predicted octanol–water partition coefficient (Wildman–Crippen LogP) is 0.973. The molecule has 0 aliphatic carbocycles. The number of nitrogens with zero attached hydrogens (tertiary/aromatic N) is 2. The number of carbonyl (C=O) groups excluding carboxylic acids is 1. The molecule has 0 unspecified atom stereocenters. The molecule has 5 nitrogen and oxygen atoms in total. The Morgan fingerprint density at radius 2 is 1.57 bits per heavy atom. The maximum atomic E-state index is 11.7. The summed E-state index contributed by atoms with van der Waals surface area (Å²) in [6, 6.07) is 0. The van der Waals surface area contributed by atoms with Crippen molar-refractivity contribution < 1.29 is 4.79 Å². The van der Waals surface area contributed by atoms with Gasteiger partial charge in [-0.2, -0.15) is 0 Å². The summed E-state index contributed by atoms with van der Waals surface area (Å²) in [7, 11) is 0. The molecule has 1 rings (SSSR count). The number of hydrogen-bond donors (Lipinski definition) is 2. The van der Waals surface area contributed by atoms with Crippen molar-refractivity contribution in [2.75, 3.05) is 58.9 Å². The van der Waals surface area contributed by atoms with E-state index in [0.717, 1.165) is 65.3 Å². The maximum absolute atomic E-state index is 11.7. The number of carbonyl (C=O) groups is 1. The van der Waals surface area contributed by atoms with Crippen LogP contribution in [0.2, 0.25) is 0 Å². The van der Waals surface area contributed by atoms with Crippen LogP contribution < -0.4 is 10.6 Å². The molecule has 2 N–H and O–H groups in total. The third kappa shape index (κ3) is 11.2. The van der Waals surface area contributed by atoms with Crippen LogP contribution in [-0.2, 0) is 4.79 Å². The fourth-order valence-electron chi connectivity index (χ4n) is 2.27. The molecule has 21 heavy (non-hydrogen) atoms. The highest BCUT2D eigenvalue weighted by Crippen LogP contribution is 2.01. The van der Waals surface area contributed by atoms with Gasteiger partial charge in [-0.15, -0.1) is 24.8 Å². The molecule has 1 fully saturated rings. The summed E-state index contributed by atoms with van der Waals surface area (Å²) < 4.78 is 0. The zero-order valence-electron chi connectivity index (χ0n) is 13.4. The smallest absolute Gasteiger partial charge is 0.221 e. The zero-order valence-corrected chi connectivity index (χ0v) is 15.0. The molecular formula is C14H32Cl2N4O. The van der Waals surface area contributed by atoms with Crippen LogP contribution in [0, 0.1) is 0 Å². The largest absolute Gasteiger partial charge is 0.355 e. The van der Waals surface area contributed by atoms with Gasteiger partial charge in [-0.3, -0.25) is 4.79 Å². The lowest BCUT2D eigenvalue weighted by atomic mass is 10.3. The Hall–Kier alpha value is -0.0700. The van der Waals surface area contributed by atoms with E-state index in [0.29, 0.717) is 6.42 Å². The van der Waals surface area contributed by atoms with Crippen molar-refractivity contribution in [1.29, 1.82) is 0 Å². The monoisotopic (exact) mass is 342 g/mol. The number of amides is 1. The van der Waals surface area contributed by atoms with Gasteiger partial charge in [0.2, 0.25) is 5.91 Å². The molecule has 1 aliphatic rings. The number of piperazine rings is 1. The van der Waals surface area contributed by atoms with Crippen molar-refractivity contribution in [3.05, 3.63) is 0 Å². The van der Waals surface area contributed by atoms with Gasteiger partial charge < -0.3 is 20.4 Å². The van der Waals surface area contributed by atoms with Crippen LogP contribution in [0.5, 0.6) is 0 Å². The second-order valence-electron chi connectivity index (χ2n) is 5.13. The highest BCUT2D eigenvalue weighted by atomic mass is 35.5. The summed E-state index contributed by atoms with van der Waals surface area (Å²) >= 11 is 0. The predicted molar refractivity (Wildman–Crippen MR) is 93.8 cm³/mol. The maximum Gasteiger partial charge on any atom is 0.221 e.